The van der Waals surface area contributed by atoms with Crippen LogP contribution in [-0.2, 0) is 18.4 Å². The van der Waals surface area contributed by atoms with E-state index in [1.54, 1.807) is 28.8 Å². The zero-order chi connectivity index (χ0) is 26.9. The van der Waals surface area contributed by atoms with Crippen LogP contribution in [0.1, 0.15) is 16.1 Å². The van der Waals surface area contributed by atoms with E-state index in [4.69, 9.17) is 0 Å². The number of para-hydroxylation sites is 1. The molecule has 200 valence electrons. The Labute approximate surface area is 218 Å². The Bertz CT molecular complexity index is 1280. The second-order valence-electron chi connectivity index (χ2n) is 9.91. The number of benzene rings is 2. The maximum absolute atomic E-state index is 13.3. The third kappa shape index (κ3) is 6.34. The van der Waals surface area contributed by atoms with E-state index in [2.05, 4.69) is 19.9 Å². The number of nitrogens with zero attached hydrogens (tertiary/aromatic N) is 4. The minimum absolute atomic E-state index is 0.0676. The van der Waals surface area contributed by atoms with E-state index in [0.29, 0.717) is 30.5 Å². The molecule has 3 aromatic rings. The molecular weight excluding hydrogens is 499 g/mol. The summed E-state index contributed by atoms with van der Waals surface area (Å²) in [5.41, 5.74) is 1.56. The van der Waals surface area contributed by atoms with E-state index < -0.39 is 6.36 Å². The Morgan fingerprint density at radius 1 is 1.11 bits per heavy atom. The Hall–Kier alpha value is -3.86. The molecule has 2 aliphatic rings. The fraction of sp³-hybridized carbons (Fsp3) is 0.370. The molecule has 0 spiro atoms. The first kappa shape index (κ1) is 25.8. The molecule has 1 aliphatic carbocycles. The summed E-state index contributed by atoms with van der Waals surface area (Å²) in [6.45, 7) is 2.41. The highest BCUT2D eigenvalue weighted by molar-refractivity contribution is 5.92. The lowest BCUT2D eigenvalue weighted by molar-refractivity contribution is -0.274. The predicted octanol–water partition coefficient (Wildman–Crippen LogP) is 3.78. The van der Waals surface area contributed by atoms with Gasteiger partial charge in [-0.25, -0.2) is 4.98 Å². The fourth-order valence-electron chi connectivity index (χ4n) is 5.28. The van der Waals surface area contributed by atoms with Gasteiger partial charge in [-0.2, -0.15) is 0 Å². The molecule has 8 nitrogen and oxygen atoms in total. The topological polar surface area (TPSA) is 79.7 Å². The molecule has 2 heterocycles. The standard InChI is InChI=1S/C27H28F3N5O3/c1-33-15-24(31-17-33)26(37)35(11-18-6-5-9-20(10-18)38-27(28,29)30)14-23-21-12-34(13-22(21)23)16-25(36)32-19-7-3-2-4-8-19/h2-10,15,17,21-23H,11-14,16H2,1H3,(H,32,36). The lowest BCUT2D eigenvalue weighted by atomic mass is 10.1. The van der Waals surface area contributed by atoms with Crippen molar-refractivity contribution in [2.75, 3.05) is 31.5 Å². The molecule has 2 unspecified atom stereocenters. The molecule has 0 bridgehead atoms. The van der Waals surface area contributed by atoms with E-state index >= 15 is 0 Å². The average Bonchev–Trinajstić information content (AvgIpc) is 3.16. The number of imidazole rings is 1. The van der Waals surface area contributed by atoms with Gasteiger partial charge in [-0.3, -0.25) is 14.5 Å². The van der Waals surface area contributed by atoms with Gasteiger partial charge < -0.3 is 19.5 Å². The van der Waals surface area contributed by atoms with Crippen molar-refractivity contribution in [3.8, 4) is 5.75 Å². The summed E-state index contributed by atoms with van der Waals surface area (Å²) in [5.74, 6) is 0.300. The summed E-state index contributed by atoms with van der Waals surface area (Å²) in [4.78, 5) is 33.7. The summed E-state index contributed by atoms with van der Waals surface area (Å²) in [5, 5.41) is 2.90. The van der Waals surface area contributed by atoms with Crippen LogP contribution in [0, 0.1) is 17.8 Å². The number of piperidine rings is 1. The van der Waals surface area contributed by atoms with Gasteiger partial charge >= 0.3 is 6.36 Å². The number of nitrogens with one attached hydrogen (secondary N) is 1. The van der Waals surface area contributed by atoms with Crippen LogP contribution >= 0.6 is 0 Å². The highest BCUT2D eigenvalue weighted by atomic mass is 19.4. The van der Waals surface area contributed by atoms with Crippen molar-refractivity contribution >= 4 is 17.5 Å². The van der Waals surface area contributed by atoms with Gasteiger partial charge in [-0.1, -0.05) is 30.3 Å². The van der Waals surface area contributed by atoms with Crippen LogP contribution in [0.25, 0.3) is 0 Å². The molecule has 1 aliphatic heterocycles. The van der Waals surface area contributed by atoms with Crippen molar-refractivity contribution in [1.82, 2.24) is 19.4 Å². The van der Waals surface area contributed by atoms with Crippen LogP contribution in [0.15, 0.2) is 67.1 Å². The third-order valence-corrected chi connectivity index (χ3v) is 7.02. The summed E-state index contributed by atoms with van der Waals surface area (Å²) in [6, 6.07) is 15.0. The van der Waals surface area contributed by atoms with Crippen LogP contribution in [-0.4, -0.2) is 63.7 Å². The van der Waals surface area contributed by atoms with E-state index in [1.807, 2.05) is 30.3 Å². The molecule has 2 aromatic carbocycles. The molecule has 1 saturated heterocycles. The highest BCUT2D eigenvalue weighted by Gasteiger charge is 2.56. The van der Waals surface area contributed by atoms with Crippen molar-refractivity contribution in [2.45, 2.75) is 12.9 Å². The molecule has 38 heavy (non-hydrogen) atoms. The van der Waals surface area contributed by atoms with Crippen LogP contribution in [0.4, 0.5) is 18.9 Å². The summed E-state index contributed by atoms with van der Waals surface area (Å²) in [7, 11) is 1.76. The average molecular weight is 528 g/mol. The minimum atomic E-state index is -4.79. The van der Waals surface area contributed by atoms with Crippen molar-refractivity contribution in [3.05, 3.63) is 78.4 Å². The van der Waals surface area contributed by atoms with Gasteiger partial charge in [-0.15, -0.1) is 13.2 Å². The zero-order valence-corrected chi connectivity index (χ0v) is 20.8. The maximum Gasteiger partial charge on any atom is 0.573 e. The van der Waals surface area contributed by atoms with Gasteiger partial charge in [-0.05, 0) is 47.6 Å². The molecule has 2 fully saturated rings. The molecule has 0 radical (unpaired) electrons. The van der Waals surface area contributed by atoms with Crippen LogP contribution in [0.5, 0.6) is 5.75 Å². The molecule has 2 atom stereocenters. The number of ether oxygens (including phenoxy) is 1. The highest BCUT2D eigenvalue weighted by Crippen LogP contribution is 2.52. The molecule has 1 saturated carbocycles. The number of hydrogen-bond donors (Lipinski definition) is 1. The number of likely N-dealkylation sites (tertiary alicyclic amines) is 1. The largest absolute Gasteiger partial charge is 0.573 e. The maximum atomic E-state index is 13.3. The van der Waals surface area contributed by atoms with Gasteiger partial charge in [0.25, 0.3) is 5.91 Å². The lowest BCUT2D eigenvalue weighted by Crippen LogP contribution is -2.37. The number of anilines is 1. The van der Waals surface area contributed by atoms with Crippen molar-refractivity contribution in [3.63, 3.8) is 0 Å². The Kier molecular flexibility index (Phi) is 7.11. The first-order valence-corrected chi connectivity index (χ1v) is 12.3. The Morgan fingerprint density at radius 3 is 2.50 bits per heavy atom. The van der Waals surface area contributed by atoms with Gasteiger partial charge in [0.2, 0.25) is 5.91 Å². The fourth-order valence-corrected chi connectivity index (χ4v) is 5.28. The number of rotatable bonds is 9. The number of carbonyl (C=O) groups is 2. The summed E-state index contributed by atoms with van der Waals surface area (Å²) in [6.07, 6.45) is -1.63. The molecule has 1 N–H and O–H groups in total. The normalized spacial score (nSPS) is 20.6. The van der Waals surface area contributed by atoms with Crippen molar-refractivity contribution in [1.29, 1.82) is 0 Å². The quantitative estimate of drug-likeness (QED) is 0.458. The van der Waals surface area contributed by atoms with Crippen molar-refractivity contribution in [2.24, 2.45) is 24.8 Å². The van der Waals surface area contributed by atoms with Gasteiger partial charge in [0, 0.05) is 45.1 Å². The number of aryl methyl sites for hydroxylation is 1. The number of fused-ring (bicyclic) bond motifs is 1. The van der Waals surface area contributed by atoms with E-state index in [0.717, 1.165) is 18.8 Å². The van der Waals surface area contributed by atoms with Crippen LogP contribution in [0.2, 0.25) is 0 Å². The third-order valence-electron chi connectivity index (χ3n) is 7.02. The van der Waals surface area contributed by atoms with E-state index in [1.165, 1.54) is 24.5 Å². The molecular formula is C27H28F3N5O3. The lowest BCUT2D eigenvalue weighted by Gasteiger charge is -2.25. The first-order chi connectivity index (χ1) is 18.1. The monoisotopic (exact) mass is 527 g/mol. The molecule has 5 rings (SSSR count). The van der Waals surface area contributed by atoms with E-state index in [-0.39, 0.29) is 35.7 Å². The molecule has 1 aromatic heterocycles. The smallest absolute Gasteiger partial charge is 0.406 e. The summed E-state index contributed by atoms with van der Waals surface area (Å²) < 4.78 is 43.8. The number of hydrogen-bond acceptors (Lipinski definition) is 5. The predicted molar refractivity (Wildman–Crippen MR) is 133 cm³/mol. The number of carbonyl (C=O) groups excluding carboxylic acids is 2. The number of alkyl halides is 3. The zero-order valence-electron chi connectivity index (χ0n) is 20.8. The summed E-state index contributed by atoms with van der Waals surface area (Å²) >= 11 is 0. The van der Waals surface area contributed by atoms with E-state index in [9.17, 15) is 22.8 Å². The van der Waals surface area contributed by atoms with Crippen molar-refractivity contribution < 1.29 is 27.5 Å². The van der Waals surface area contributed by atoms with Gasteiger partial charge in [0.15, 0.2) is 0 Å². The number of aromatic nitrogens is 2. The van der Waals surface area contributed by atoms with Gasteiger partial charge in [0.05, 0.1) is 12.9 Å². The number of amides is 2. The molecule has 2 amide bonds. The van der Waals surface area contributed by atoms with Gasteiger partial charge in [0.1, 0.15) is 11.4 Å². The molecule has 11 heteroatoms. The van der Waals surface area contributed by atoms with Crippen LogP contribution in [0.3, 0.4) is 0 Å². The Balaban J connectivity index is 1.21. The Morgan fingerprint density at radius 2 is 1.84 bits per heavy atom. The first-order valence-electron chi connectivity index (χ1n) is 12.3. The SMILES string of the molecule is Cn1cnc(C(=O)N(Cc2cccc(OC(F)(F)F)c2)CC2C3CN(CC(=O)Nc4ccccc4)CC32)c1. The second-order valence-corrected chi connectivity index (χ2v) is 9.91. The minimum Gasteiger partial charge on any atom is -0.406 e. The number of halogens is 3. The van der Waals surface area contributed by atoms with Crippen LogP contribution < -0.4 is 10.1 Å². The second kappa shape index (κ2) is 10.5.